The predicted octanol–water partition coefficient (Wildman–Crippen LogP) is 4.76. The number of rotatable bonds is 4. The van der Waals surface area contributed by atoms with Gasteiger partial charge in [0.1, 0.15) is 5.71 Å². The van der Waals surface area contributed by atoms with Gasteiger partial charge in [0.25, 0.3) is 0 Å². The maximum atomic E-state index is 12.7. The summed E-state index contributed by atoms with van der Waals surface area (Å²) in [5.41, 5.74) is -0.571. The highest BCUT2D eigenvalue weighted by atomic mass is 19.4. The minimum absolute atomic E-state index is 0.0896. The van der Waals surface area contributed by atoms with E-state index < -0.39 is 11.9 Å². The Morgan fingerprint density at radius 1 is 1.18 bits per heavy atom. The Bertz CT molecular complexity index is 250. The number of hydrogen-bond acceptors (Lipinski definition) is 1. The molecule has 0 aromatic rings. The third-order valence-corrected chi connectivity index (χ3v) is 3.26. The Balaban J connectivity index is 2.49. The first-order chi connectivity index (χ1) is 7.89. The van der Waals surface area contributed by atoms with Gasteiger partial charge in [-0.1, -0.05) is 32.1 Å². The van der Waals surface area contributed by atoms with Crippen molar-refractivity contribution >= 4 is 5.71 Å². The summed E-state index contributed by atoms with van der Waals surface area (Å²) in [4.78, 5) is 3.72. The molecule has 0 heterocycles. The molecule has 1 nitrogen and oxygen atoms in total. The van der Waals surface area contributed by atoms with Crippen molar-refractivity contribution in [3.05, 3.63) is 0 Å². The summed E-state index contributed by atoms with van der Waals surface area (Å²) in [6, 6.07) is -0.280. The average molecular weight is 249 g/mol. The number of hydrogen-bond donors (Lipinski definition) is 0. The zero-order valence-corrected chi connectivity index (χ0v) is 10.7. The number of nitrogens with zero attached hydrogens (tertiary/aromatic N) is 1. The van der Waals surface area contributed by atoms with E-state index in [-0.39, 0.29) is 12.5 Å². The van der Waals surface area contributed by atoms with Crippen LogP contribution in [0.5, 0.6) is 0 Å². The van der Waals surface area contributed by atoms with Crippen molar-refractivity contribution < 1.29 is 13.2 Å². The Morgan fingerprint density at radius 3 is 2.24 bits per heavy atom. The van der Waals surface area contributed by atoms with Gasteiger partial charge in [-0.15, -0.1) is 0 Å². The Hall–Kier alpha value is -0.540. The maximum Gasteiger partial charge on any atom is 0.429 e. The van der Waals surface area contributed by atoms with Crippen LogP contribution in [0, 0.1) is 5.92 Å². The lowest BCUT2D eigenvalue weighted by Gasteiger charge is -2.22. The number of aliphatic imine (C=N–C) groups is 1. The smallest absolute Gasteiger partial charge is 0.282 e. The SMILES string of the molecule is CC(C)N=C(CCC1CCCCC1)C(F)(F)F. The Kier molecular flexibility index (Phi) is 5.47. The minimum Gasteiger partial charge on any atom is -0.282 e. The van der Waals surface area contributed by atoms with E-state index in [0.29, 0.717) is 12.3 Å². The van der Waals surface area contributed by atoms with Crippen LogP contribution in [0.2, 0.25) is 0 Å². The van der Waals surface area contributed by atoms with Crippen molar-refractivity contribution in [1.29, 1.82) is 0 Å². The topological polar surface area (TPSA) is 12.4 Å². The molecule has 0 unspecified atom stereocenters. The van der Waals surface area contributed by atoms with Crippen LogP contribution in [0.4, 0.5) is 13.2 Å². The molecule has 0 N–H and O–H groups in total. The van der Waals surface area contributed by atoms with E-state index in [1.54, 1.807) is 13.8 Å². The van der Waals surface area contributed by atoms with E-state index in [2.05, 4.69) is 4.99 Å². The van der Waals surface area contributed by atoms with Gasteiger partial charge in [-0.2, -0.15) is 13.2 Å². The lowest BCUT2D eigenvalue weighted by Crippen LogP contribution is -2.25. The van der Waals surface area contributed by atoms with Gasteiger partial charge in [0, 0.05) is 6.04 Å². The van der Waals surface area contributed by atoms with Gasteiger partial charge in [-0.25, -0.2) is 0 Å². The standard InChI is InChI=1S/C13H22F3N/c1-10(2)17-12(13(14,15)16)9-8-11-6-4-3-5-7-11/h10-11H,3-9H2,1-2H3. The van der Waals surface area contributed by atoms with Crippen molar-refractivity contribution in [2.75, 3.05) is 0 Å². The lowest BCUT2D eigenvalue weighted by atomic mass is 9.85. The van der Waals surface area contributed by atoms with Gasteiger partial charge in [0.15, 0.2) is 0 Å². The van der Waals surface area contributed by atoms with Crippen molar-refractivity contribution in [2.24, 2.45) is 10.9 Å². The lowest BCUT2D eigenvalue weighted by molar-refractivity contribution is -0.0611. The molecule has 1 saturated carbocycles. The Morgan fingerprint density at radius 2 is 1.76 bits per heavy atom. The summed E-state index contributed by atoms with van der Waals surface area (Å²) in [5, 5.41) is 0. The molecule has 100 valence electrons. The van der Waals surface area contributed by atoms with Crippen LogP contribution in [0.1, 0.15) is 58.8 Å². The molecule has 17 heavy (non-hydrogen) atoms. The Labute approximate surface area is 102 Å². The molecule has 0 atom stereocenters. The van der Waals surface area contributed by atoms with E-state index in [0.717, 1.165) is 12.8 Å². The van der Waals surface area contributed by atoms with E-state index >= 15 is 0 Å². The van der Waals surface area contributed by atoms with Gasteiger partial charge >= 0.3 is 6.18 Å². The molecule has 0 aromatic heterocycles. The molecule has 1 aliphatic rings. The molecule has 1 rings (SSSR count). The second kappa shape index (κ2) is 6.41. The molecule has 0 aromatic carbocycles. The van der Waals surface area contributed by atoms with Crippen LogP contribution in [-0.2, 0) is 0 Å². The highest BCUT2D eigenvalue weighted by Crippen LogP contribution is 2.29. The average Bonchev–Trinajstić information content (AvgIpc) is 2.23. The summed E-state index contributed by atoms with van der Waals surface area (Å²) < 4.78 is 38.1. The first-order valence-electron chi connectivity index (χ1n) is 6.53. The van der Waals surface area contributed by atoms with Crippen LogP contribution in [0.3, 0.4) is 0 Å². The molecular weight excluding hydrogens is 227 g/mol. The molecule has 4 heteroatoms. The van der Waals surface area contributed by atoms with Crippen LogP contribution < -0.4 is 0 Å². The largest absolute Gasteiger partial charge is 0.429 e. The number of halogens is 3. The molecule has 0 radical (unpaired) electrons. The second-order valence-electron chi connectivity index (χ2n) is 5.21. The fourth-order valence-electron chi connectivity index (χ4n) is 2.41. The van der Waals surface area contributed by atoms with Gasteiger partial charge in [-0.05, 0) is 32.6 Å². The number of alkyl halides is 3. The van der Waals surface area contributed by atoms with E-state index in [1.807, 2.05) is 0 Å². The second-order valence-corrected chi connectivity index (χ2v) is 5.21. The molecule has 0 spiro atoms. The van der Waals surface area contributed by atoms with Gasteiger partial charge in [-0.3, -0.25) is 4.99 Å². The molecule has 1 aliphatic carbocycles. The van der Waals surface area contributed by atoms with Crippen LogP contribution in [0.15, 0.2) is 4.99 Å². The van der Waals surface area contributed by atoms with Gasteiger partial charge in [0.2, 0.25) is 0 Å². The van der Waals surface area contributed by atoms with Crippen LogP contribution in [-0.4, -0.2) is 17.9 Å². The summed E-state index contributed by atoms with van der Waals surface area (Å²) >= 11 is 0. The van der Waals surface area contributed by atoms with Gasteiger partial charge in [0.05, 0.1) is 0 Å². The highest BCUT2D eigenvalue weighted by Gasteiger charge is 2.35. The third-order valence-electron chi connectivity index (χ3n) is 3.26. The van der Waals surface area contributed by atoms with Crippen LogP contribution >= 0.6 is 0 Å². The zero-order chi connectivity index (χ0) is 12.9. The normalized spacial score (nSPS) is 20.0. The summed E-state index contributed by atoms with van der Waals surface area (Å²) in [6.45, 7) is 3.37. The van der Waals surface area contributed by atoms with Crippen molar-refractivity contribution in [1.82, 2.24) is 0 Å². The molecule has 0 bridgehead atoms. The van der Waals surface area contributed by atoms with Crippen LogP contribution in [0.25, 0.3) is 0 Å². The maximum absolute atomic E-state index is 12.7. The van der Waals surface area contributed by atoms with Gasteiger partial charge < -0.3 is 0 Å². The molecule has 0 amide bonds. The summed E-state index contributed by atoms with van der Waals surface area (Å²) in [6.07, 6.45) is 2.25. The third kappa shape index (κ3) is 5.55. The quantitative estimate of drug-likeness (QED) is 0.637. The van der Waals surface area contributed by atoms with Crippen molar-refractivity contribution in [3.8, 4) is 0 Å². The van der Waals surface area contributed by atoms with Crippen molar-refractivity contribution in [3.63, 3.8) is 0 Å². The van der Waals surface area contributed by atoms with E-state index in [4.69, 9.17) is 0 Å². The van der Waals surface area contributed by atoms with E-state index in [9.17, 15) is 13.2 Å². The summed E-state index contributed by atoms with van der Waals surface area (Å²) in [5.74, 6) is 0.475. The molecule has 0 aliphatic heterocycles. The molecule has 0 saturated heterocycles. The summed E-state index contributed by atoms with van der Waals surface area (Å²) in [7, 11) is 0. The first kappa shape index (κ1) is 14.5. The van der Waals surface area contributed by atoms with E-state index in [1.165, 1.54) is 19.3 Å². The zero-order valence-electron chi connectivity index (χ0n) is 10.7. The first-order valence-corrected chi connectivity index (χ1v) is 6.53. The predicted molar refractivity (Wildman–Crippen MR) is 64.4 cm³/mol. The monoisotopic (exact) mass is 249 g/mol. The fourth-order valence-corrected chi connectivity index (χ4v) is 2.41. The molecule has 1 fully saturated rings. The van der Waals surface area contributed by atoms with Crippen molar-refractivity contribution in [2.45, 2.75) is 71.0 Å². The fraction of sp³-hybridized carbons (Fsp3) is 0.923. The highest BCUT2D eigenvalue weighted by molar-refractivity contribution is 5.89. The minimum atomic E-state index is -4.25. The molecular formula is C13H22F3N.